The second-order valence-corrected chi connectivity index (χ2v) is 9.10. The Labute approximate surface area is 194 Å². The molecule has 5 heteroatoms. The average Bonchev–Trinajstić information content (AvgIpc) is 3.26. The summed E-state index contributed by atoms with van der Waals surface area (Å²) in [4.78, 5) is 15.8. The van der Waals surface area contributed by atoms with Gasteiger partial charge in [0.2, 0.25) is 0 Å². The van der Waals surface area contributed by atoms with E-state index >= 15 is 0 Å². The highest BCUT2D eigenvalue weighted by atomic mass is 19.1. The number of fused-ring (bicyclic) bond motifs is 1. The molecule has 1 amide bonds. The lowest BCUT2D eigenvalue weighted by atomic mass is 9.94. The van der Waals surface area contributed by atoms with Crippen LogP contribution in [-0.4, -0.2) is 34.6 Å². The summed E-state index contributed by atoms with van der Waals surface area (Å²) in [7, 11) is 0. The van der Waals surface area contributed by atoms with Gasteiger partial charge in [0, 0.05) is 19.5 Å². The first-order chi connectivity index (χ1) is 16.0. The van der Waals surface area contributed by atoms with Gasteiger partial charge in [-0.15, -0.1) is 0 Å². The first-order valence-electron chi connectivity index (χ1n) is 11.5. The van der Waals surface area contributed by atoms with Crippen molar-refractivity contribution in [1.82, 2.24) is 9.91 Å². The number of carbonyl (C=O) groups excluding carboxylic acids is 1. The third kappa shape index (κ3) is 4.46. The molecule has 0 saturated carbocycles. The van der Waals surface area contributed by atoms with Crippen molar-refractivity contribution in [3.63, 3.8) is 0 Å². The third-order valence-corrected chi connectivity index (χ3v) is 6.71. The quantitative estimate of drug-likeness (QED) is 0.559. The maximum Gasteiger partial charge on any atom is 0.257 e. The fourth-order valence-electron chi connectivity index (χ4n) is 4.87. The molecule has 0 N–H and O–H groups in total. The molecule has 5 rings (SSSR count). The summed E-state index contributed by atoms with van der Waals surface area (Å²) in [5.74, 6) is -0.279. The third-order valence-electron chi connectivity index (χ3n) is 6.71. The van der Waals surface area contributed by atoms with Gasteiger partial charge in [-0.25, -0.2) is 9.40 Å². The number of rotatable bonds is 4. The predicted octanol–water partition coefficient (Wildman–Crippen LogP) is 5.18. The van der Waals surface area contributed by atoms with E-state index in [1.807, 2.05) is 0 Å². The van der Waals surface area contributed by atoms with Crippen LogP contribution in [0.15, 0.2) is 71.8 Å². The number of carbonyl (C=O) groups is 1. The first kappa shape index (κ1) is 21.5. The Morgan fingerprint density at radius 1 is 1.03 bits per heavy atom. The normalized spacial score (nSPS) is 18.2. The van der Waals surface area contributed by atoms with Gasteiger partial charge in [-0.3, -0.25) is 9.69 Å². The van der Waals surface area contributed by atoms with Crippen LogP contribution in [-0.2, 0) is 17.8 Å². The molecule has 0 aliphatic carbocycles. The van der Waals surface area contributed by atoms with E-state index < -0.39 is 0 Å². The molecule has 0 fully saturated rings. The molecular formula is C28H28FN3O. The molecule has 4 nitrogen and oxygen atoms in total. The molecule has 0 saturated heterocycles. The smallest absolute Gasteiger partial charge is 0.257 e. The van der Waals surface area contributed by atoms with E-state index in [4.69, 9.17) is 5.10 Å². The highest BCUT2D eigenvalue weighted by molar-refractivity contribution is 6.03. The zero-order valence-electron chi connectivity index (χ0n) is 19.1. The van der Waals surface area contributed by atoms with Crippen LogP contribution >= 0.6 is 0 Å². The van der Waals surface area contributed by atoms with Crippen LogP contribution in [0, 0.1) is 19.7 Å². The fraction of sp³-hybridized carbons (Fsp3) is 0.286. The minimum absolute atomic E-state index is 0.00241. The molecule has 1 unspecified atom stereocenters. The van der Waals surface area contributed by atoms with Gasteiger partial charge in [-0.05, 0) is 60.2 Å². The molecule has 0 aromatic heterocycles. The highest BCUT2D eigenvalue weighted by Gasteiger charge is 2.35. The largest absolute Gasteiger partial charge is 0.290 e. The van der Waals surface area contributed by atoms with Gasteiger partial charge in [0.1, 0.15) is 5.82 Å². The minimum Gasteiger partial charge on any atom is -0.290 e. The molecule has 1 atom stereocenters. The van der Waals surface area contributed by atoms with Crippen LogP contribution in [0.3, 0.4) is 0 Å². The number of amides is 1. The standard InChI is InChI=1S/C28H28FN3O/c1-19-7-8-20(2)25(15-19)27-16-26(22-9-11-24(29)12-10-22)30-32(27)28(33)18-31-14-13-21-5-3-4-6-23(21)17-31/h3-12,15,27H,13-14,16-18H2,1-2H3. The van der Waals surface area contributed by atoms with Crippen molar-refractivity contribution in [2.75, 3.05) is 13.1 Å². The molecular weight excluding hydrogens is 413 g/mol. The van der Waals surface area contributed by atoms with E-state index in [-0.39, 0.29) is 17.8 Å². The lowest BCUT2D eigenvalue weighted by Gasteiger charge is -2.30. The van der Waals surface area contributed by atoms with Crippen molar-refractivity contribution in [2.45, 2.75) is 39.3 Å². The molecule has 0 bridgehead atoms. The fourth-order valence-corrected chi connectivity index (χ4v) is 4.87. The van der Waals surface area contributed by atoms with Crippen LogP contribution in [0.5, 0.6) is 0 Å². The summed E-state index contributed by atoms with van der Waals surface area (Å²) in [6.07, 6.45) is 1.57. The Hall–Kier alpha value is -3.31. The molecule has 2 aliphatic heterocycles. The molecule has 0 radical (unpaired) electrons. The van der Waals surface area contributed by atoms with Gasteiger partial charge in [0.05, 0.1) is 18.3 Å². The summed E-state index contributed by atoms with van der Waals surface area (Å²) in [6, 6.07) is 21.0. The molecule has 168 valence electrons. The maximum absolute atomic E-state index is 13.6. The lowest BCUT2D eigenvalue weighted by Crippen LogP contribution is -2.40. The molecule has 3 aromatic rings. The van der Waals surface area contributed by atoms with Gasteiger partial charge in [0.15, 0.2) is 0 Å². The van der Waals surface area contributed by atoms with Crippen LogP contribution in [0.1, 0.15) is 45.8 Å². The highest BCUT2D eigenvalue weighted by Crippen LogP contribution is 2.35. The summed E-state index contributed by atoms with van der Waals surface area (Å²) in [6.45, 7) is 6.11. The van der Waals surface area contributed by atoms with Crippen molar-refractivity contribution in [3.05, 3.63) is 106 Å². The van der Waals surface area contributed by atoms with Crippen molar-refractivity contribution in [2.24, 2.45) is 5.10 Å². The molecule has 0 spiro atoms. The average molecular weight is 442 g/mol. The van der Waals surface area contributed by atoms with Crippen molar-refractivity contribution in [3.8, 4) is 0 Å². The van der Waals surface area contributed by atoms with Gasteiger partial charge in [0.25, 0.3) is 5.91 Å². The number of hydrogen-bond acceptors (Lipinski definition) is 3. The topological polar surface area (TPSA) is 35.9 Å². The van der Waals surface area contributed by atoms with Crippen LogP contribution in [0.2, 0.25) is 0 Å². The second-order valence-electron chi connectivity index (χ2n) is 9.10. The second kappa shape index (κ2) is 8.91. The molecule has 33 heavy (non-hydrogen) atoms. The van der Waals surface area contributed by atoms with Crippen molar-refractivity contribution >= 4 is 11.6 Å². The van der Waals surface area contributed by atoms with E-state index in [1.54, 1.807) is 17.1 Å². The Balaban J connectivity index is 1.42. The van der Waals surface area contributed by atoms with E-state index in [1.165, 1.54) is 23.3 Å². The SMILES string of the molecule is Cc1ccc(C)c(C2CC(c3ccc(F)cc3)=NN2C(=O)CN2CCc3ccccc3C2)c1. The van der Waals surface area contributed by atoms with E-state index in [2.05, 4.69) is 61.2 Å². The number of hydrazone groups is 1. The monoisotopic (exact) mass is 441 g/mol. The van der Waals surface area contributed by atoms with E-state index in [9.17, 15) is 9.18 Å². The zero-order chi connectivity index (χ0) is 22.9. The Bertz CT molecular complexity index is 1220. The maximum atomic E-state index is 13.6. The number of hydrogen-bond donors (Lipinski definition) is 0. The number of nitrogens with zero attached hydrogens (tertiary/aromatic N) is 3. The Kier molecular flexibility index (Phi) is 5.81. The summed E-state index contributed by atoms with van der Waals surface area (Å²) >= 11 is 0. The van der Waals surface area contributed by atoms with Crippen LogP contribution in [0.4, 0.5) is 4.39 Å². The molecule has 2 aliphatic rings. The van der Waals surface area contributed by atoms with Gasteiger partial charge in [-0.2, -0.15) is 5.10 Å². The summed E-state index contributed by atoms with van der Waals surface area (Å²) in [5.41, 5.74) is 7.75. The number of halogens is 1. The summed E-state index contributed by atoms with van der Waals surface area (Å²) in [5, 5.41) is 6.45. The van der Waals surface area contributed by atoms with E-state index in [0.29, 0.717) is 13.0 Å². The predicted molar refractivity (Wildman–Crippen MR) is 128 cm³/mol. The summed E-state index contributed by atoms with van der Waals surface area (Å²) < 4.78 is 13.5. The van der Waals surface area contributed by atoms with E-state index in [0.717, 1.165) is 47.5 Å². The number of benzene rings is 3. The van der Waals surface area contributed by atoms with Crippen molar-refractivity contribution < 1.29 is 9.18 Å². The molecule has 2 heterocycles. The Morgan fingerprint density at radius 2 is 1.79 bits per heavy atom. The zero-order valence-corrected chi connectivity index (χ0v) is 19.1. The first-order valence-corrected chi connectivity index (χ1v) is 11.5. The van der Waals surface area contributed by atoms with Gasteiger partial charge in [-0.1, -0.05) is 60.2 Å². The van der Waals surface area contributed by atoms with Crippen LogP contribution < -0.4 is 0 Å². The van der Waals surface area contributed by atoms with Gasteiger partial charge < -0.3 is 0 Å². The minimum atomic E-state index is -0.276. The Morgan fingerprint density at radius 3 is 2.58 bits per heavy atom. The number of aryl methyl sites for hydroxylation is 2. The molecule has 3 aromatic carbocycles. The van der Waals surface area contributed by atoms with Crippen molar-refractivity contribution in [1.29, 1.82) is 0 Å². The van der Waals surface area contributed by atoms with Gasteiger partial charge >= 0.3 is 0 Å². The lowest BCUT2D eigenvalue weighted by molar-refractivity contribution is -0.134. The van der Waals surface area contributed by atoms with Crippen LogP contribution in [0.25, 0.3) is 0 Å².